The second kappa shape index (κ2) is 13.9. The maximum absolute atomic E-state index is 14.2. The van der Waals surface area contributed by atoms with Gasteiger partial charge in [0.1, 0.15) is 18.3 Å². The summed E-state index contributed by atoms with van der Waals surface area (Å²) in [5.74, 6) is -0.390. The molecule has 2 amide bonds. The van der Waals surface area contributed by atoms with Crippen molar-refractivity contribution in [3.05, 3.63) is 89.5 Å². The highest BCUT2D eigenvalue weighted by Gasteiger charge is 2.34. The summed E-state index contributed by atoms with van der Waals surface area (Å²) < 4.78 is 35.1. The van der Waals surface area contributed by atoms with Crippen LogP contribution in [0.2, 0.25) is 0 Å². The number of sulfonamides is 1. The van der Waals surface area contributed by atoms with E-state index >= 15 is 0 Å². The molecule has 1 atom stereocenters. The number of anilines is 1. The van der Waals surface area contributed by atoms with E-state index < -0.39 is 28.5 Å². The molecule has 3 aromatic carbocycles. The summed E-state index contributed by atoms with van der Waals surface area (Å²) in [5.41, 5.74) is 3.05. The average Bonchev–Trinajstić information content (AvgIpc) is 3.48. The van der Waals surface area contributed by atoms with Crippen molar-refractivity contribution in [2.45, 2.75) is 76.9 Å². The minimum Gasteiger partial charge on any atom is -0.492 e. The molecule has 4 rings (SSSR count). The molecule has 0 bridgehead atoms. The smallest absolute Gasteiger partial charge is 0.264 e. The molecule has 0 aromatic heterocycles. The second-order valence-corrected chi connectivity index (χ2v) is 12.8. The standard InChI is InChI=1S/C33H41N3O5S/c1-5-41-31-16-9-8-15-30(31)36(42(39,40)29-19-17-24(2)18-20-29)23-32(37)35(22-27-12-10-11-25(3)21-27)26(4)33(38)34-28-13-6-7-14-28/h8-12,15-21,26,28H,5-7,13-14,22-23H2,1-4H3,(H,34,38)/t26-/m0/s1. The largest absolute Gasteiger partial charge is 0.492 e. The van der Waals surface area contributed by atoms with Crippen molar-refractivity contribution < 1.29 is 22.7 Å². The van der Waals surface area contributed by atoms with Gasteiger partial charge in [-0.25, -0.2) is 8.42 Å². The highest BCUT2D eigenvalue weighted by Crippen LogP contribution is 2.33. The highest BCUT2D eigenvalue weighted by atomic mass is 32.2. The van der Waals surface area contributed by atoms with E-state index in [4.69, 9.17) is 4.74 Å². The van der Waals surface area contributed by atoms with Crippen LogP contribution in [-0.4, -0.2) is 50.4 Å². The Balaban J connectivity index is 1.72. The third-order valence-corrected chi connectivity index (χ3v) is 9.40. The van der Waals surface area contributed by atoms with Crippen LogP contribution in [0.1, 0.15) is 56.2 Å². The number of amides is 2. The first-order chi connectivity index (χ1) is 20.1. The normalized spacial score (nSPS) is 14.3. The number of benzene rings is 3. The van der Waals surface area contributed by atoms with E-state index in [1.54, 1.807) is 43.3 Å². The first-order valence-electron chi connectivity index (χ1n) is 14.6. The number of aryl methyl sites for hydroxylation is 2. The molecule has 42 heavy (non-hydrogen) atoms. The fourth-order valence-corrected chi connectivity index (χ4v) is 6.70. The molecule has 224 valence electrons. The number of ether oxygens (including phenoxy) is 1. The fourth-order valence-electron chi connectivity index (χ4n) is 5.27. The summed E-state index contributed by atoms with van der Waals surface area (Å²) in [6.07, 6.45) is 3.97. The van der Waals surface area contributed by atoms with E-state index in [1.165, 1.54) is 17.0 Å². The maximum Gasteiger partial charge on any atom is 0.264 e. The number of para-hydroxylation sites is 2. The minimum absolute atomic E-state index is 0.0597. The summed E-state index contributed by atoms with van der Waals surface area (Å²) >= 11 is 0. The molecule has 8 nitrogen and oxygen atoms in total. The Hall–Kier alpha value is -3.85. The van der Waals surface area contributed by atoms with E-state index in [2.05, 4.69) is 5.32 Å². The van der Waals surface area contributed by atoms with Crippen LogP contribution >= 0.6 is 0 Å². The summed E-state index contributed by atoms with van der Waals surface area (Å²) in [6.45, 7) is 7.33. The van der Waals surface area contributed by atoms with E-state index in [1.807, 2.05) is 45.0 Å². The van der Waals surface area contributed by atoms with Crippen molar-refractivity contribution in [1.29, 1.82) is 0 Å². The first-order valence-corrected chi connectivity index (χ1v) is 16.0. The van der Waals surface area contributed by atoms with Gasteiger partial charge < -0.3 is 15.0 Å². The molecule has 1 aliphatic rings. The van der Waals surface area contributed by atoms with Crippen LogP contribution in [0.4, 0.5) is 5.69 Å². The molecule has 0 aliphatic heterocycles. The second-order valence-electron chi connectivity index (χ2n) is 10.9. The van der Waals surface area contributed by atoms with Crippen molar-refractivity contribution in [2.24, 2.45) is 0 Å². The molecule has 1 saturated carbocycles. The molecule has 0 saturated heterocycles. The number of carbonyl (C=O) groups is 2. The Morgan fingerprint density at radius 3 is 2.31 bits per heavy atom. The van der Waals surface area contributed by atoms with Gasteiger partial charge in [-0.15, -0.1) is 0 Å². The lowest BCUT2D eigenvalue weighted by molar-refractivity contribution is -0.139. The molecule has 0 heterocycles. The molecule has 0 radical (unpaired) electrons. The zero-order chi connectivity index (χ0) is 30.3. The lowest BCUT2D eigenvalue weighted by atomic mass is 10.1. The third kappa shape index (κ3) is 7.50. The van der Waals surface area contributed by atoms with Gasteiger partial charge in [0.15, 0.2) is 0 Å². The minimum atomic E-state index is -4.18. The van der Waals surface area contributed by atoms with Crippen molar-refractivity contribution >= 4 is 27.5 Å². The van der Waals surface area contributed by atoms with Crippen molar-refractivity contribution in [3.8, 4) is 5.75 Å². The summed E-state index contributed by atoms with van der Waals surface area (Å²) in [7, 11) is -4.18. The predicted molar refractivity (Wildman–Crippen MR) is 165 cm³/mol. The summed E-state index contributed by atoms with van der Waals surface area (Å²) in [5, 5.41) is 3.10. The van der Waals surface area contributed by atoms with Crippen LogP contribution in [0.15, 0.2) is 77.7 Å². The van der Waals surface area contributed by atoms with Gasteiger partial charge in [0.25, 0.3) is 10.0 Å². The van der Waals surface area contributed by atoms with E-state index in [-0.39, 0.29) is 29.1 Å². The number of hydrogen-bond donors (Lipinski definition) is 1. The molecule has 1 fully saturated rings. The van der Waals surface area contributed by atoms with Crippen LogP contribution in [0.3, 0.4) is 0 Å². The molecule has 0 spiro atoms. The topological polar surface area (TPSA) is 96.0 Å². The van der Waals surface area contributed by atoms with Gasteiger partial charge in [0.05, 0.1) is 17.2 Å². The zero-order valence-corrected chi connectivity index (χ0v) is 25.7. The van der Waals surface area contributed by atoms with Crippen molar-refractivity contribution in [1.82, 2.24) is 10.2 Å². The molecule has 9 heteroatoms. The van der Waals surface area contributed by atoms with Crippen molar-refractivity contribution in [2.75, 3.05) is 17.5 Å². The first kappa shape index (κ1) is 31.1. The quantitative estimate of drug-likeness (QED) is 0.305. The Kier molecular flexibility index (Phi) is 10.3. The fraction of sp³-hybridized carbons (Fsp3) is 0.394. The Morgan fingerprint density at radius 2 is 1.64 bits per heavy atom. The molecular formula is C33H41N3O5S. The van der Waals surface area contributed by atoms with Crippen LogP contribution in [0.25, 0.3) is 0 Å². The average molecular weight is 592 g/mol. The van der Waals surface area contributed by atoms with Gasteiger partial charge in [-0.3, -0.25) is 13.9 Å². The van der Waals surface area contributed by atoms with E-state index in [0.717, 1.165) is 46.7 Å². The van der Waals surface area contributed by atoms with Gasteiger partial charge in [0, 0.05) is 12.6 Å². The molecule has 3 aromatic rings. The maximum atomic E-state index is 14.2. The molecular weight excluding hydrogens is 550 g/mol. The van der Waals surface area contributed by atoms with Crippen LogP contribution in [-0.2, 0) is 26.2 Å². The molecule has 1 aliphatic carbocycles. The van der Waals surface area contributed by atoms with E-state index in [0.29, 0.717) is 12.4 Å². The molecule has 1 N–H and O–H groups in total. The Labute approximate surface area is 249 Å². The van der Waals surface area contributed by atoms with Crippen LogP contribution in [0.5, 0.6) is 5.75 Å². The van der Waals surface area contributed by atoms with Crippen LogP contribution < -0.4 is 14.4 Å². The third-order valence-electron chi connectivity index (χ3n) is 7.63. The predicted octanol–water partition coefficient (Wildman–Crippen LogP) is 5.37. The van der Waals surface area contributed by atoms with E-state index in [9.17, 15) is 18.0 Å². The number of rotatable bonds is 12. The lowest BCUT2D eigenvalue weighted by Crippen LogP contribution is -2.52. The zero-order valence-electron chi connectivity index (χ0n) is 24.9. The number of carbonyl (C=O) groups excluding carboxylic acids is 2. The Morgan fingerprint density at radius 1 is 0.952 bits per heavy atom. The summed E-state index contributed by atoms with van der Waals surface area (Å²) in [6, 6.07) is 20.3. The molecule has 0 unspecified atom stereocenters. The van der Waals surface area contributed by atoms with Gasteiger partial charge in [0.2, 0.25) is 11.8 Å². The number of nitrogens with zero attached hydrogens (tertiary/aromatic N) is 2. The summed E-state index contributed by atoms with van der Waals surface area (Å²) in [4.78, 5) is 29.1. The Bertz CT molecular complexity index is 1480. The monoisotopic (exact) mass is 591 g/mol. The van der Waals surface area contributed by atoms with Crippen LogP contribution in [0, 0.1) is 13.8 Å². The van der Waals surface area contributed by atoms with Gasteiger partial charge in [-0.05, 0) is 70.4 Å². The van der Waals surface area contributed by atoms with Crippen molar-refractivity contribution in [3.63, 3.8) is 0 Å². The number of nitrogens with one attached hydrogen (secondary N) is 1. The van der Waals surface area contributed by atoms with Gasteiger partial charge in [-0.2, -0.15) is 0 Å². The number of hydrogen-bond acceptors (Lipinski definition) is 5. The lowest BCUT2D eigenvalue weighted by Gasteiger charge is -2.33. The van der Waals surface area contributed by atoms with Gasteiger partial charge in [-0.1, -0.05) is 72.5 Å². The SMILES string of the molecule is CCOc1ccccc1N(CC(=O)N(Cc1cccc(C)c1)[C@@H](C)C(=O)NC1CCCC1)S(=O)(=O)c1ccc(C)cc1. The highest BCUT2D eigenvalue weighted by molar-refractivity contribution is 7.92. The van der Waals surface area contributed by atoms with Gasteiger partial charge >= 0.3 is 0 Å².